The van der Waals surface area contributed by atoms with E-state index in [1.165, 1.54) is 0 Å². The third-order valence-electron chi connectivity index (χ3n) is 3.58. The van der Waals surface area contributed by atoms with Gasteiger partial charge in [0, 0.05) is 0 Å². The molecule has 2 unspecified atom stereocenters. The summed E-state index contributed by atoms with van der Waals surface area (Å²) in [5.74, 6) is -33.2. The fraction of sp³-hybridized carbons (Fsp3) is 0.571. The second-order valence-corrected chi connectivity index (χ2v) is 7.82. The molecule has 0 fully saturated rings. The van der Waals surface area contributed by atoms with Gasteiger partial charge in [0.15, 0.2) is 24.9 Å². The van der Waals surface area contributed by atoms with Crippen molar-refractivity contribution in [2.45, 2.75) is 35.9 Å². The minimum absolute atomic E-state index is 1.93. The van der Waals surface area contributed by atoms with Crippen LogP contribution in [0.15, 0.2) is 24.7 Å². The molecule has 2 atom stereocenters. The van der Waals surface area contributed by atoms with E-state index < -0.39 is 91.5 Å². The maximum absolute atomic E-state index is 14.8. The molecule has 0 radical (unpaired) electrons. The molecule has 0 aromatic rings. The minimum Gasteiger partial charge on any atom is -0.455 e. The fourth-order valence-electron chi connectivity index (χ4n) is 1.76. The van der Waals surface area contributed by atoms with Crippen LogP contribution in [-0.4, -0.2) is 76.2 Å². The van der Waals surface area contributed by atoms with E-state index in [-0.39, 0.29) is 0 Å². The van der Waals surface area contributed by atoms with Crippen molar-refractivity contribution in [3.8, 4) is 0 Å². The summed E-state index contributed by atoms with van der Waals surface area (Å²) in [7, 11) is -8.54. The molecule has 0 aliphatic carbocycles. The van der Waals surface area contributed by atoms with Crippen molar-refractivity contribution in [3.05, 3.63) is 24.7 Å². The zero-order valence-electron chi connectivity index (χ0n) is 16.8. The molecule has 37 heavy (non-hydrogen) atoms. The molecule has 23 heteroatoms. The number of halogens is 14. The van der Waals surface area contributed by atoms with Crippen molar-refractivity contribution in [1.82, 2.24) is 0 Å². The zero-order chi connectivity index (χ0) is 30.0. The number of hydrogen-bond donors (Lipinski definition) is 0. The molecule has 0 heterocycles. The van der Waals surface area contributed by atoms with Gasteiger partial charge in [0.05, 0.1) is 0 Å². The highest BCUT2D eigenvalue weighted by Gasteiger charge is 2.78. The second-order valence-electron chi connectivity index (χ2n) is 5.97. The van der Waals surface area contributed by atoms with Crippen LogP contribution in [0.1, 0.15) is 0 Å². The highest BCUT2D eigenvalue weighted by molar-refractivity contribution is 7.72. The number of ether oxygens (including phenoxy) is 3. The van der Waals surface area contributed by atoms with Crippen molar-refractivity contribution in [2.75, 3.05) is 13.3 Å². The minimum atomic E-state index is -7.17. The zero-order valence-corrected chi connectivity index (χ0v) is 18.4. The van der Waals surface area contributed by atoms with Crippen molar-refractivity contribution in [2.24, 2.45) is 0 Å². The molecule has 0 aromatic carbocycles. The molecule has 0 saturated carbocycles. The fourth-order valence-corrected chi connectivity index (χ4v) is 2.31. The topological polar surface area (TPSA) is 96.0 Å². The molecule has 0 rings (SSSR count). The van der Waals surface area contributed by atoms with Crippen LogP contribution in [0.2, 0.25) is 0 Å². The van der Waals surface area contributed by atoms with Crippen molar-refractivity contribution < 1.29 is 92.5 Å². The van der Waals surface area contributed by atoms with Gasteiger partial charge >= 0.3 is 35.9 Å². The molecule has 216 valence electrons. The third kappa shape index (κ3) is 6.54. The van der Waals surface area contributed by atoms with Gasteiger partial charge in [-0.05, 0) is 0 Å². The average Bonchev–Trinajstić information content (AvgIpc) is 2.72. The Bertz CT molecular complexity index is 1080. The van der Waals surface area contributed by atoms with Crippen LogP contribution in [0, 0.1) is 0 Å². The first-order chi connectivity index (χ1) is 16.3. The Morgan fingerprint density at radius 1 is 0.568 bits per heavy atom. The highest BCUT2D eigenvalue weighted by Crippen LogP contribution is 2.53. The molecule has 0 spiro atoms. The molecule has 0 bridgehead atoms. The Morgan fingerprint density at radius 3 is 0.973 bits per heavy atom. The molecule has 0 N–H and O–H groups in total. The first-order valence-electron chi connectivity index (χ1n) is 8.02. The van der Waals surface area contributed by atoms with Crippen LogP contribution in [0.4, 0.5) is 61.5 Å². The average molecular weight is 618 g/mol. The van der Waals surface area contributed by atoms with Gasteiger partial charge in [-0.1, -0.05) is 13.2 Å². The maximum Gasteiger partial charge on any atom is 0.460 e. The van der Waals surface area contributed by atoms with E-state index in [0.29, 0.717) is 0 Å². The Kier molecular flexibility index (Phi) is 10.4. The van der Waals surface area contributed by atoms with E-state index in [0.717, 1.165) is 0 Å². The van der Waals surface area contributed by atoms with E-state index in [1.807, 2.05) is 13.2 Å². The summed E-state index contributed by atoms with van der Waals surface area (Å²) in [5, 5.41) is -5.22. The summed E-state index contributed by atoms with van der Waals surface area (Å²) in [4.78, 5) is 0. The molecule has 0 aliphatic rings. The van der Waals surface area contributed by atoms with Crippen LogP contribution < -0.4 is 0 Å². The van der Waals surface area contributed by atoms with Crippen molar-refractivity contribution in [3.63, 3.8) is 0 Å². The number of alkyl halides is 14. The van der Waals surface area contributed by atoms with Gasteiger partial charge in [0.1, 0.15) is 0 Å². The van der Waals surface area contributed by atoms with E-state index in [9.17, 15) is 78.3 Å². The summed E-state index contributed by atoms with van der Waals surface area (Å²) in [6.45, 7) is -1.47. The molecule has 0 aromatic heterocycles. The smallest absolute Gasteiger partial charge is 0.455 e. The lowest BCUT2D eigenvalue weighted by Gasteiger charge is -2.37. The normalized spacial score (nSPS) is 16.3. The van der Waals surface area contributed by atoms with Gasteiger partial charge in [-0.2, -0.15) is 69.5 Å². The quantitative estimate of drug-likeness (QED) is 0.209. The number of rotatable bonds is 10. The molecule has 7 nitrogen and oxygen atoms in total. The van der Waals surface area contributed by atoms with Crippen LogP contribution in [0.25, 0.3) is 0 Å². The molecule has 0 saturated heterocycles. The third-order valence-corrected chi connectivity index (χ3v) is 4.71. The Hall–Kier alpha value is -2.40. The molecule has 0 aliphatic heterocycles. The molecular weight excluding hydrogens is 610 g/mol. The second kappa shape index (κ2) is 11.1. The lowest BCUT2D eigenvalue weighted by molar-refractivity contribution is -0.371. The van der Waals surface area contributed by atoms with Crippen LogP contribution in [0.5, 0.6) is 0 Å². The van der Waals surface area contributed by atoms with Crippen LogP contribution >= 0.6 is 0 Å². The van der Waals surface area contributed by atoms with Crippen molar-refractivity contribution >= 4 is 30.7 Å². The molecular formula is C14H8F14O7S2. The molecule has 0 amide bonds. The SMILES string of the molecule is C=C(OC(=C)C(F)(OC(CF)=S(=O)=O)C(F)(F)C(F)(F)F)C(F)(OC(CF)=S(=O)=O)C(F)(F)C(F)(F)F. The van der Waals surface area contributed by atoms with Gasteiger partial charge in [-0.25, -0.2) is 8.78 Å². The first kappa shape index (κ1) is 34.6. The monoisotopic (exact) mass is 618 g/mol. The van der Waals surface area contributed by atoms with Gasteiger partial charge in [-0.3, -0.25) is 9.47 Å². The Labute approximate surface area is 197 Å². The summed E-state index contributed by atoms with van der Waals surface area (Å²) in [5.41, 5.74) is 0. The van der Waals surface area contributed by atoms with E-state index in [1.54, 1.807) is 0 Å². The summed E-state index contributed by atoms with van der Waals surface area (Å²) >= 11 is 0. The maximum atomic E-state index is 14.8. The number of hydrogen-bond acceptors (Lipinski definition) is 7. The summed E-state index contributed by atoms with van der Waals surface area (Å²) in [6, 6.07) is 0. The standard InChI is InChI=1S/C14H8F14O7S2/c1-5(9(17,11(19,20)13(23,24)25)34-7(3-15)36(29)30)33-6(2)10(18,12(21,22)14(26,27)28)35-8(4-16)37(31)32/h1-4H2. The van der Waals surface area contributed by atoms with Crippen LogP contribution in [0.3, 0.4) is 0 Å². The van der Waals surface area contributed by atoms with Gasteiger partial charge in [-0.15, -0.1) is 0 Å². The van der Waals surface area contributed by atoms with Gasteiger partial charge in [0.2, 0.25) is 30.7 Å². The Morgan fingerprint density at radius 2 is 0.811 bits per heavy atom. The largest absolute Gasteiger partial charge is 0.460 e. The summed E-state index contributed by atoms with van der Waals surface area (Å²) in [6.07, 6.45) is -14.3. The lowest BCUT2D eigenvalue weighted by Crippen LogP contribution is -2.60. The van der Waals surface area contributed by atoms with E-state index >= 15 is 0 Å². The van der Waals surface area contributed by atoms with E-state index in [2.05, 4.69) is 14.2 Å². The predicted molar refractivity (Wildman–Crippen MR) is 91.0 cm³/mol. The van der Waals surface area contributed by atoms with E-state index in [4.69, 9.17) is 0 Å². The highest BCUT2D eigenvalue weighted by atomic mass is 32.2. The van der Waals surface area contributed by atoms with Gasteiger partial charge < -0.3 is 4.74 Å². The predicted octanol–water partition coefficient (Wildman–Crippen LogP) is 3.75. The van der Waals surface area contributed by atoms with Crippen LogP contribution in [-0.2, 0) is 34.8 Å². The Balaban J connectivity index is 7.08. The summed E-state index contributed by atoms with van der Waals surface area (Å²) < 4.78 is 239. The van der Waals surface area contributed by atoms with Gasteiger partial charge in [0.25, 0.3) is 0 Å². The van der Waals surface area contributed by atoms with Crippen molar-refractivity contribution in [1.29, 1.82) is 0 Å². The first-order valence-corrected chi connectivity index (χ1v) is 10.2. The lowest BCUT2D eigenvalue weighted by atomic mass is 10.1.